The monoisotopic (exact) mass is 279 g/mol. The van der Waals surface area contributed by atoms with Gasteiger partial charge in [-0.25, -0.2) is 15.8 Å². The summed E-state index contributed by atoms with van der Waals surface area (Å²) < 4.78 is 5.76. The summed E-state index contributed by atoms with van der Waals surface area (Å²) in [6, 6.07) is 0. The van der Waals surface area contributed by atoms with Crippen molar-refractivity contribution in [1.29, 1.82) is 0 Å². The Morgan fingerprint density at radius 1 is 1.40 bits per heavy atom. The summed E-state index contributed by atoms with van der Waals surface area (Å²) in [6.45, 7) is 8.76. The summed E-state index contributed by atoms with van der Waals surface area (Å²) in [7, 11) is 0. The van der Waals surface area contributed by atoms with Crippen molar-refractivity contribution in [2.45, 2.75) is 46.1 Å². The number of hydrogen-bond acceptors (Lipinski definition) is 6. The van der Waals surface area contributed by atoms with Crippen LogP contribution in [0.2, 0.25) is 0 Å². The second-order valence-corrected chi connectivity index (χ2v) is 5.10. The van der Waals surface area contributed by atoms with Gasteiger partial charge in [0.15, 0.2) is 0 Å². The fourth-order valence-corrected chi connectivity index (χ4v) is 2.66. The Balaban J connectivity index is 2.26. The van der Waals surface area contributed by atoms with E-state index >= 15 is 0 Å². The predicted octanol–water partition coefficient (Wildman–Crippen LogP) is 1.64. The molecule has 0 spiro atoms. The first-order chi connectivity index (χ1) is 9.69. The third-order valence-electron chi connectivity index (χ3n) is 3.70. The van der Waals surface area contributed by atoms with E-state index < -0.39 is 0 Å². The number of nitrogens with zero attached hydrogens (tertiary/aromatic N) is 3. The molecule has 1 fully saturated rings. The van der Waals surface area contributed by atoms with E-state index in [1.807, 2.05) is 20.8 Å². The first-order valence-corrected chi connectivity index (χ1v) is 7.40. The summed E-state index contributed by atoms with van der Waals surface area (Å²) in [5, 5.41) is 0. The fourth-order valence-electron chi connectivity index (χ4n) is 2.66. The fraction of sp³-hybridized carbons (Fsp3) is 0.714. The number of piperidine rings is 1. The number of nitrogens with one attached hydrogen (secondary N) is 1. The zero-order chi connectivity index (χ0) is 14.5. The first kappa shape index (κ1) is 15.0. The van der Waals surface area contributed by atoms with Gasteiger partial charge >= 0.3 is 0 Å². The van der Waals surface area contributed by atoms with E-state index in [4.69, 9.17) is 10.6 Å². The minimum absolute atomic E-state index is 0.294. The Labute approximate surface area is 120 Å². The zero-order valence-electron chi connectivity index (χ0n) is 12.6. The molecule has 6 nitrogen and oxygen atoms in total. The lowest BCUT2D eigenvalue weighted by Gasteiger charge is -2.34. The molecule has 1 saturated heterocycles. The average Bonchev–Trinajstić information content (AvgIpc) is 2.48. The number of hydrazine groups is 1. The van der Waals surface area contributed by atoms with Gasteiger partial charge in [-0.3, -0.25) is 0 Å². The maximum Gasteiger partial charge on any atom is 0.148 e. The van der Waals surface area contributed by atoms with Crippen molar-refractivity contribution in [3.63, 3.8) is 0 Å². The molecule has 1 aromatic heterocycles. The summed E-state index contributed by atoms with van der Waals surface area (Å²) in [5.74, 6) is 8.07. The third kappa shape index (κ3) is 3.19. The zero-order valence-corrected chi connectivity index (χ0v) is 12.6. The lowest BCUT2D eigenvalue weighted by atomic mass is 10.1. The number of rotatable bonds is 5. The molecule has 2 heterocycles. The van der Waals surface area contributed by atoms with Crippen molar-refractivity contribution in [3.05, 3.63) is 11.4 Å². The first-order valence-electron chi connectivity index (χ1n) is 7.40. The molecule has 1 aliphatic rings. The van der Waals surface area contributed by atoms with Gasteiger partial charge in [-0.1, -0.05) is 6.92 Å². The number of nitrogen functional groups attached to an aromatic ring is 1. The van der Waals surface area contributed by atoms with Crippen LogP contribution in [0, 0.1) is 6.92 Å². The maximum atomic E-state index is 5.76. The smallest absolute Gasteiger partial charge is 0.148 e. The molecule has 3 N–H and O–H groups in total. The van der Waals surface area contributed by atoms with Crippen LogP contribution in [0.1, 0.15) is 38.1 Å². The van der Waals surface area contributed by atoms with Crippen LogP contribution in [0.4, 0.5) is 11.6 Å². The van der Waals surface area contributed by atoms with Crippen LogP contribution < -0.4 is 16.2 Å². The SMILES string of the molecule is CCOC1CCCN(c2nc(CC)nc(NN)c2C)C1. The number of ether oxygens (including phenoxy) is 1. The molecule has 1 atom stereocenters. The largest absolute Gasteiger partial charge is 0.377 e. The van der Waals surface area contributed by atoms with Crippen LogP contribution >= 0.6 is 0 Å². The molecular weight excluding hydrogens is 254 g/mol. The van der Waals surface area contributed by atoms with Gasteiger partial charge in [-0.15, -0.1) is 0 Å². The number of aromatic nitrogens is 2. The van der Waals surface area contributed by atoms with E-state index in [-0.39, 0.29) is 0 Å². The van der Waals surface area contributed by atoms with Crippen molar-refractivity contribution < 1.29 is 4.74 Å². The van der Waals surface area contributed by atoms with E-state index in [0.717, 1.165) is 56.2 Å². The number of hydrogen-bond donors (Lipinski definition) is 2. The van der Waals surface area contributed by atoms with Gasteiger partial charge in [0.1, 0.15) is 17.5 Å². The lowest BCUT2D eigenvalue weighted by molar-refractivity contribution is 0.0525. The molecule has 0 aliphatic carbocycles. The Bertz CT molecular complexity index is 449. The second-order valence-electron chi connectivity index (χ2n) is 5.10. The normalized spacial score (nSPS) is 19.2. The molecule has 1 unspecified atom stereocenters. The van der Waals surface area contributed by atoms with E-state index in [9.17, 15) is 0 Å². The highest BCUT2D eigenvalue weighted by molar-refractivity contribution is 5.58. The van der Waals surface area contributed by atoms with Crippen LogP contribution in [-0.4, -0.2) is 35.8 Å². The standard InChI is InChI=1S/C14H25N5O/c1-4-12-16-13(18-15)10(3)14(17-12)19-8-6-7-11(9-19)20-5-2/h11H,4-9,15H2,1-3H3,(H,16,17,18). The van der Waals surface area contributed by atoms with Gasteiger partial charge in [0.2, 0.25) is 0 Å². The molecule has 0 radical (unpaired) electrons. The van der Waals surface area contributed by atoms with Crippen LogP contribution in [0.15, 0.2) is 0 Å². The van der Waals surface area contributed by atoms with E-state index in [1.165, 1.54) is 0 Å². The maximum absolute atomic E-state index is 5.76. The van der Waals surface area contributed by atoms with Crippen LogP contribution in [0.3, 0.4) is 0 Å². The summed E-state index contributed by atoms with van der Waals surface area (Å²) in [4.78, 5) is 11.4. The molecule has 112 valence electrons. The molecule has 1 aromatic rings. The quantitative estimate of drug-likeness (QED) is 0.630. The molecular formula is C14H25N5O. The Hall–Kier alpha value is -1.40. The highest BCUT2D eigenvalue weighted by Crippen LogP contribution is 2.26. The molecule has 20 heavy (non-hydrogen) atoms. The topological polar surface area (TPSA) is 76.3 Å². The van der Waals surface area contributed by atoms with Gasteiger partial charge in [0, 0.05) is 31.7 Å². The predicted molar refractivity (Wildman–Crippen MR) is 80.8 cm³/mol. The Morgan fingerprint density at radius 3 is 2.85 bits per heavy atom. The average molecular weight is 279 g/mol. The minimum Gasteiger partial charge on any atom is -0.377 e. The third-order valence-corrected chi connectivity index (χ3v) is 3.70. The highest BCUT2D eigenvalue weighted by Gasteiger charge is 2.23. The van der Waals surface area contributed by atoms with Crippen molar-refractivity contribution in [2.24, 2.45) is 5.84 Å². The number of nitrogens with two attached hydrogens (primary N) is 1. The van der Waals surface area contributed by atoms with Crippen molar-refractivity contribution in [1.82, 2.24) is 9.97 Å². The van der Waals surface area contributed by atoms with Gasteiger partial charge in [-0.2, -0.15) is 0 Å². The number of anilines is 2. The summed E-state index contributed by atoms with van der Waals surface area (Å²) in [5.41, 5.74) is 3.68. The second kappa shape index (κ2) is 6.85. The van der Waals surface area contributed by atoms with E-state index in [1.54, 1.807) is 0 Å². The van der Waals surface area contributed by atoms with Gasteiger partial charge < -0.3 is 15.1 Å². The van der Waals surface area contributed by atoms with Gasteiger partial charge in [0.05, 0.1) is 6.10 Å². The Kier molecular flexibility index (Phi) is 5.14. The molecule has 1 aliphatic heterocycles. The lowest BCUT2D eigenvalue weighted by Crippen LogP contribution is -2.40. The van der Waals surface area contributed by atoms with Gasteiger partial charge in [-0.05, 0) is 26.7 Å². The summed E-state index contributed by atoms with van der Waals surface area (Å²) in [6.07, 6.45) is 3.34. The minimum atomic E-state index is 0.294. The Morgan fingerprint density at radius 2 is 2.20 bits per heavy atom. The molecule has 6 heteroatoms. The van der Waals surface area contributed by atoms with Crippen LogP contribution in [0.25, 0.3) is 0 Å². The van der Waals surface area contributed by atoms with Crippen LogP contribution in [0.5, 0.6) is 0 Å². The molecule has 0 bridgehead atoms. The van der Waals surface area contributed by atoms with Crippen LogP contribution in [-0.2, 0) is 11.2 Å². The molecule has 0 aromatic carbocycles. The number of aryl methyl sites for hydroxylation is 1. The van der Waals surface area contributed by atoms with Crippen molar-refractivity contribution >= 4 is 11.6 Å². The van der Waals surface area contributed by atoms with Crippen molar-refractivity contribution in [2.75, 3.05) is 30.0 Å². The van der Waals surface area contributed by atoms with Crippen molar-refractivity contribution in [3.8, 4) is 0 Å². The highest BCUT2D eigenvalue weighted by atomic mass is 16.5. The summed E-state index contributed by atoms with van der Waals surface area (Å²) >= 11 is 0. The van der Waals surface area contributed by atoms with Gasteiger partial charge in [0.25, 0.3) is 0 Å². The molecule has 2 rings (SSSR count). The van der Waals surface area contributed by atoms with E-state index in [0.29, 0.717) is 11.9 Å². The molecule has 0 amide bonds. The molecule has 0 saturated carbocycles. The van der Waals surface area contributed by atoms with E-state index in [2.05, 4.69) is 20.3 Å².